The van der Waals surface area contributed by atoms with Crippen molar-refractivity contribution in [2.75, 3.05) is 52.0 Å². The van der Waals surface area contributed by atoms with Gasteiger partial charge in [0.1, 0.15) is 5.82 Å². The first-order valence-corrected chi connectivity index (χ1v) is 7.68. The number of halogens is 1. The molecule has 0 atom stereocenters. The minimum atomic E-state index is 0.643. The van der Waals surface area contributed by atoms with Gasteiger partial charge in [0.15, 0.2) is 0 Å². The van der Waals surface area contributed by atoms with Gasteiger partial charge in [-0.15, -0.1) is 0 Å². The molecule has 0 saturated heterocycles. The summed E-state index contributed by atoms with van der Waals surface area (Å²) in [5.41, 5.74) is 1.09. The van der Waals surface area contributed by atoms with Crippen LogP contribution in [0.4, 0.5) is 5.82 Å². The largest absolute Gasteiger partial charge is 0.385 e. The van der Waals surface area contributed by atoms with E-state index in [0.717, 1.165) is 50.6 Å². The summed E-state index contributed by atoms with van der Waals surface area (Å²) in [4.78, 5) is 6.66. The zero-order valence-electron chi connectivity index (χ0n) is 13.2. The summed E-state index contributed by atoms with van der Waals surface area (Å²) in [7, 11) is 3.40. The maximum absolute atomic E-state index is 6.39. The highest BCUT2D eigenvalue weighted by atomic mass is 35.5. The third-order valence-corrected chi connectivity index (χ3v) is 3.38. The van der Waals surface area contributed by atoms with Crippen molar-refractivity contribution in [2.45, 2.75) is 19.9 Å². The molecular formula is C15H26ClN3O2. The number of aromatic nitrogens is 1. The van der Waals surface area contributed by atoms with Crippen molar-refractivity contribution in [1.82, 2.24) is 10.3 Å². The van der Waals surface area contributed by atoms with Gasteiger partial charge in [-0.1, -0.05) is 18.5 Å². The highest BCUT2D eigenvalue weighted by molar-refractivity contribution is 6.33. The Bertz CT molecular complexity index is 405. The van der Waals surface area contributed by atoms with Gasteiger partial charge in [-0.3, -0.25) is 0 Å². The van der Waals surface area contributed by atoms with E-state index in [4.69, 9.17) is 21.1 Å². The molecule has 0 spiro atoms. The van der Waals surface area contributed by atoms with E-state index in [1.807, 2.05) is 12.3 Å². The molecule has 0 fully saturated rings. The molecule has 0 unspecified atom stereocenters. The molecule has 6 heteroatoms. The van der Waals surface area contributed by atoms with Crippen molar-refractivity contribution in [1.29, 1.82) is 0 Å². The van der Waals surface area contributed by atoms with Crippen LogP contribution in [0.15, 0.2) is 12.3 Å². The van der Waals surface area contributed by atoms with Crippen LogP contribution in [0.25, 0.3) is 0 Å². The Morgan fingerprint density at radius 2 is 2.00 bits per heavy atom. The van der Waals surface area contributed by atoms with Gasteiger partial charge in [-0.05, 0) is 24.6 Å². The highest BCUT2D eigenvalue weighted by Gasteiger charge is 2.12. The van der Waals surface area contributed by atoms with E-state index in [1.54, 1.807) is 14.2 Å². The number of ether oxygens (including phenoxy) is 2. The predicted octanol–water partition coefficient (Wildman–Crippen LogP) is 2.33. The van der Waals surface area contributed by atoms with Crippen LogP contribution < -0.4 is 10.2 Å². The lowest BCUT2D eigenvalue weighted by atomic mass is 10.2. The van der Waals surface area contributed by atoms with Gasteiger partial charge in [0.25, 0.3) is 0 Å². The Morgan fingerprint density at radius 3 is 2.62 bits per heavy atom. The molecule has 21 heavy (non-hydrogen) atoms. The zero-order valence-corrected chi connectivity index (χ0v) is 13.9. The maximum Gasteiger partial charge on any atom is 0.147 e. The number of rotatable bonds is 11. The third-order valence-electron chi connectivity index (χ3n) is 3.10. The van der Waals surface area contributed by atoms with Crippen LogP contribution in [-0.2, 0) is 16.0 Å². The number of hydrogen-bond acceptors (Lipinski definition) is 5. The first-order valence-electron chi connectivity index (χ1n) is 7.30. The Kier molecular flexibility index (Phi) is 9.34. The van der Waals surface area contributed by atoms with Gasteiger partial charge >= 0.3 is 0 Å². The second-order valence-electron chi connectivity index (χ2n) is 4.76. The molecule has 0 bridgehead atoms. The molecule has 0 aliphatic heterocycles. The fraction of sp³-hybridized carbons (Fsp3) is 0.667. The number of pyridine rings is 1. The summed E-state index contributed by atoms with van der Waals surface area (Å²) in [6.45, 7) is 6.76. The molecular weight excluding hydrogens is 290 g/mol. The second kappa shape index (κ2) is 10.8. The standard InChI is InChI=1S/C15H26ClN3O2/c1-4-17-11-13-10-14(16)15(18-12-13)19(7-9-21-3)6-5-8-20-2/h10,12,17H,4-9,11H2,1-3H3. The predicted molar refractivity (Wildman–Crippen MR) is 87.2 cm³/mol. The first-order chi connectivity index (χ1) is 10.2. The molecule has 0 saturated carbocycles. The molecule has 1 aromatic heterocycles. The SMILES string of the molecule is CCNCc1cnc(N(CCCOC)CCOC)c(Cl)c1. The van der Waals surface area contributed by atoms with Crippen LogP contribution in [0, 0.1) is 0 Å². The van der Waals surface area contributed by atoms with Crippen molar-refractivity contribution in [2.24, 2.45) is 0 Å². The van der Waals surface area contributed by atoms with Crippen LogP contribution in [0.1, 0.15) is 18.9 Å². The fourth-order valence-electron chi connectivity index (χ4n) is 1.99. The van der Waals surface area contributed by atoms with Gasteiger partial charge in [-0.2, -0.15) is 0 Å². The Morgan fingerprint density at radius 1 is 1.24 bits per heavy atom. The summed E-state index contributed by atoms with van der Waals surface area (Å²) < 4.78 is 10.3. The fourth-order valence-corrected chi connectivity index (χ4v) is 2.30. The van der Waals surface area contributed by atoms with Crippen molar-refractivity contribution in [3.05, 3.63) is 22.8 Å². The average molecular weight is 316 g/mol. The van der Waals surface area contributed by atoms with E-state index in [0.29, 0.717) is 11.6 Å². The van der Waals surface area contributed by atoms with E-state index in [2.05, 4.69) is 22.1 Å². The van der Waals surface area contributed by atoms with E-state index >= 15 is 0 Å². The summed E-state index contributed by atoms with van der Waals surface area (Å²) in [5.74, 6) is 0.810. The number of anilines is 1. The molecule has 0 aliphatic carbocycles. The van der Waals surface area contributed by atoms with Crippen LogP contribution >= 0.6 is 11.6 Å². The highest BCUT2D eigenvalue weighted by Crippen LogP contribution is 2.24. The van der Waals surface area contributed by atoms with E-state index < -0.39 is 0 Å². The van der Waals surface area contributed by atoms with Gasteiger partial charge in [0.2, 0.25) is 0 Å². The topological polar surface area (TPSA) is 46.6 Å². The molecule has 1 aromatic rings. The summed E-state index contributed by atoms with van der Waals surface area (Å²) in [6, 6.07) is 1.97. The Hall–Kier alpha value is -0.880. The zero-order chi connectivity index (χ0) is 15.5. The molecule has 1 heterocycles. The number of nitrogens with one attached hydrogen (secondary N) is 1. The Balaban J connectivity index is 2.75. The van der Waals surface area contributed by atoms with Gasteiger partial charge < -0.3 is 19.7 Å². The maximum atomic E-state index is 6.39. The van der Waals surface area contributed by atoms with E-state index in [1.165, 1.54) is 0 Å². The van der Waals surface area contributed by atoms with Gasteiger partial charge in [-0.25, -0.2) is 4.98 Å². The Labute approximate surface area is 132 Å². The van der Waals surface area contributed by atoms with Crippen LogP contribution in [0.3, 0.4) is 0 Å². The number of methoxy groups -OCH3 is 2. The minimum absolute atomic E-state index is 0.643. The quantitative estimate of drug-likeness (QED) is 0.635. The number of hydrogen-bond donors (Lipinski definition) is 1. The van der Waals surface area contributed by atoms with Crippen LogP contribution in [0.2, 0.25) is 5.02 Å². The molecule has 0 amide bonds. The van der Waals surface area contributed by atoms with Crippen molar-refractivity contribution in [3.63, 3.8) is 0 Å². The van der Waals surface area contributed by atoms with Crippen molar-refractivity contribution in [3.8, 4) is 0 Å². The molecule has 120 valence electrons. The third kappa shape index (κ3) is 6.61. The normalized spacial score (nSPS) is 10.9. The molecule has 1 rings (SSSR count). The van der Waals surface area contributed by atoms with Crippen LogP contribution in [-0.4, -0.2) is 52.1 Å². The molecule has 0 radical (unpaired) electrons. The molecule has 1 N–H and O–H groups in total. The lowest BCUT2D eigenvalue weighted by Gasteiger charge is -2.24. The first kappa shape index (κ1) is 18.2. The van der Waals surface area contributed by atoms with E-state index in [-0.39, 0.29) is 0 Å². The monoisotopic (exact) mass is 315 g/mol. The van der Waals surface area contributed by atoms with Crippen molar-refractivity contribution < 1.29 is 9.47 Å². The van der Waals surface area contributed by atoms with E-state index in [9.17, 15) is 0 Å². The lowest BCUT2D eigenvalue weighted by Crippen LogP contribution is -2.30. The van der Waals surface area contributed by atoms with Crippen molar-refractivity contribution >= 4 is 17.4 Å². The summed E-state index contributed by atoms with van der Waals surface area (Å²) >= 11 is 6.39. The van der Waals surface area contributed by atoms with Gasteiger partial charge in [0.05, 0.1) is 11.6 Å². The average Bonchev–Trinajstić information content (AvgIpc) is 2.49. The smallest absolute Gasteiger partial charge is 0.147 e. The molecule has 0 aromatic carbocycles. The molecule has 5 nitrogen and oxygen atoms in total. The van der Waals surface area contributed by atoms with Gasteiger partial charge in [0, 0.05) is 46.7 Å². The molecule has 0 aliphatic rings. The summed E-state index contributed by atoms with van der Waals surface area (Å²) in [6.07, 6.45) is 2.80. The summed E-state index contributed by atoms with van der Waals surface area (Å²) in [5, 5.41) is 3.95. The lowest BCUT2D eigenvalue weighted by molar-refractivity contribution is 0.191. The number of nitrogens with zero attached hydrogens (tertiary/aromatic N) is 2. The minimum Gasteiger partial charge on any atom is -0.385 e. The second-order valence-corrected chi connectivity index (χ2v) is 5.16. The van der Waals surface area contributed by atoms with Crippen LogP contribution in [0.5, 0.6) is 0 Å².